The molecule has 6 nitrogen and oxygen atoms in total. The van der Waals surface area contributed by atoms with Gasteiger partial charge in [-0.3, -0.25) is 5.10 Å². The number of amides is 2. The molecule has 29 heavy (non-hydrogen) atoms. The second-order valence-electron chi connectivity index (χ2n) is 6.59. The number of urea groups is 1. The van der Waals surface area contributed by atoms with Crippen molar-refractivity contribution in [2.24, 2.45) is 0 Å². The Hall–Kier alpha value is -3.94. The number of nitrogens with one attached hydrogen (secondary N) is 3. The summed E-state index contributed by atoms with van der Waals surface area (Å²) in [5.74, 6) is -0.748. The Labute approximate surface area is 164 Å². The van der Waals surface area contributed by atoms with E-state index in [1.54, 1.807) is 49.4 Å². The van der Waals surface area contributed by atoms with E-state index in [4.69, 9.17) is 5.73 Å². The quantitative estimate of drug-likeness (QED) is 0.392. The van der Waals surface area contributed by atoms with Crippen LogP contribution < -0.4 is 16.4 Å². The molecule has 0 spiro atoms. The molecule has 4 aromatic rings. The first kappa shape index (κ1) is 18.4. The molecule has 2 amide bonds. The van der Waals surface area contributed by atoms with Crippen LogP contribution in [0.1, 0.15) is 5.56 Å². The van der Waals surface area contributed by atoms with Crippen LogP contribution in [0.15, 0.2) is 54.6 Å². The average Bonchev–Trinajstić information content (AvgIpc) is 3.09. The molecule has 0 radical (unpaired) electrons. The van der Waals surface area contributed by atoms with E-state index in [1.165, 1.54) is 12.1 Å². The number of nitrogens with two attached hydrogens (primary N) is 1. The van der Waals surface area contributed by atoms with E-state index in [1.807, 2.05) is 0 Å². The Morgan fingerprint density at radius 3 is 2.48 bits per heavy atom. The molecular weight excluding hydrogens is 376 g/mol. The van der Waals surface area contributed by atoms with E-state index < -0.39 is 17.7 Å². The number of rotatable bonds is 3. The highest BCUT2D eigenvalue weighted by Crippen LogP contribution is 2.33. The number of benzene rings is 3. The normalized spacial score (nSPS) is 10.9. The van der Waals surface area contributed by atoms with Crippen LogP contribution in [-0.2, 0) is 0 Å². The monoisotopic (exact) mass is 393 g/mol. The van der Waals surface area contributed by atoms with Crippen molar-refractivity contribution in [1.82, 2.24) is 10.2 Å². The Morgan fingerprint density at radius 1 is 1.00 bits per heavy atom. The lowest BCUT2D eigenvalue weighted by Gasteiger charge is -2.10. The van der Waals surface area contributed by atoms with Gasteiger partial charge in [0.05, 0.1) is 11.1 Å². The van der Waals surface area contributed by atoms with Crippen LogP contribution >= 0.6 is 0 Å². The number of nitrogens with zero attached hydrogens (tertiary/aromatic N) is 1. The van der Waals surface area contributed by atoms with Crippen molar-refractivity contribution in [1.29, 1.82) is 0 Å². The van der Waals surface area contributed by atoms with Gasteiger partial charge in [-0.05, 0) is 53.9 Å². The van der Waals surface area contributed by atoms with Gasteiger partial charge >= 0.3 is 6.03 Å². The van der Waals surface area contributed by atoms with Crippen molar-refractivity contribution in [3.05, 3.63) is 71.8 Å². The van der Waals surface area contributed by atoms with Gasteiger partial charge in [0, 0.05) is 5.69 Å². The van der Waals surface area contributed by atoms with Crippen molar-refractivity contribution in [2.45, 2.75) is 6.92 Å². The zero-order valence-corrected chi connectivity index (χ0v) is 15.4. The second-order valence-corrected chi connectivity index (χ2v) is 6.59. The molecule has 8 heteroatoms. The molecule has 4 rings (SSSR count). The summed E-state index contributed by atoms with van der Waals surface area (Å²) in [5, 5.41) is 12.1. The zero-order chi connectivity index (χ0) is 20.5. The number of H-pyrrole nitrogens is 1. The van der Waals surface area contributed by atoms with Crippen molar-refractivity contribution in [2.75, 3.05) is 16.4 Å². The van der Waals surface area contributed by atoms with Crippen LogP contribution in [0.25, 0.3) is 22.0 Å². The maximum Gasteiger partial charge on any atom is 0.323 e. The minimum absolute atomic E-state index is 0.100. The number of aromatic nitrogens is 2. The third-order valence-corrected chi connectivity index (χ3v) is 4.52. The molecule has 0 aliphatic rings. The summed E-state index contributed by atoms with van der Waals surface area (Å²) < 4.78 is 27.7. The molecule has 0 saturated carbocycles. The first-order valence-electron chi connectivity index (χ1n) is 8.79. The SMILES string of the molecule is Cc1ccc(F)c(NC(=O)Nc2ccc(-c3ccc(F)c4[nH]nc(N)c34)cc2)c1. The van der Waals surface area contributed by atoms with Gasteiger partial charge in [0.25, 0.3) is 0 Å². The van der Waals surface area contributed by atoms with E-state index in [9.17, 15) is 13.6 Å². The maximum absolute atomic E-state index is 13.9. The third kappa shape index (κ3) is 3.60. The van der Waals surface area contributed by atoms with Gasteiger partial charge in [-0.25, -0.2) is 13.6 Å². The standard InChI is InChI=1S/C21H17F2N5O/c1-11-2-8-15(22)17(10-11)26-21(29)25-13-5-3-12(4-6-13)14-7-9-16(23)19-18(14)20(24)28-27-19/h2-10H,1H3,(H3,24,27,28)(H2,25,26,29). The molecule has 0 fully saturated rings. The lowest BCUT2D eigenvalue weighted by Crippen LogP contribution is -2.20. The minimum atomic E-state index is -0.564. The summed E-state index contributed by atoms with van der Waals surface area (Å²) in [6, 6.07) is 13.8. The fraction of sp³-hybridized carbons (Fsp3) is 0.0476. The summed E-state index contributed by atoms with van der Waals surface area (Å²) >= 11 is 0. The molecule has 0 aliphatic heterocycles. The third-order valence-electron chi connectivity index (χ3n) is 4.52. The summed E-state index contributed by atoms with van der Waals surface area (Å²) in [6.45, 7) is 1.81. The topological polar surface area (TPSA) is 95.8 Å². The van der Waals surface area contributed by atoms with Gasteiger partial charge in [0.1, 0.15) is 17.2 Å². The van der Waals surface area contributed by atoms with E-state index >= 15 is 0 Å². The number of carbonyl (C=O) groups excluding carboxylic acids is 1. The van der Waals surface area contributed by atoms with E-state index in [0.29, 0.717) is 16.6 Å². The molecule has 1 heterocycles. The highest BCUT2D eigenvalue weighted by Gasteiger charge is 2.14. The molecular formula is C21H17F2N5O. The first-order chi connectivity index (χ1) is 13.9. The number of aromatic amines is 1. The van der Waals surface area contributed by atoms with Crippen molar-refractivity contribution in [3.63, 3.8) is 0 Å². The number of fused-ring (bicyclic) bond motifs is 1. The smallest absolute Gasteiger partial charge is 0.323 e. The lowest BCUT2D eigenvalue weighted by molar-refractivity contribution is 0.262. The van der Waals surface area contributed by atoms with E-state index in [0.717, 1.165) is 11.1 Å². The van der Waals surface area contributed by atoms with Crippen LogP contribution in [-0.4, -0.2) is 16.2 Å². The number of hydrogen-bond donors (Lipinski definition) is 4. The van der Waals surface area contributed by atoms with Gasteiger partial charge < -0.3 is 16.4 Å². The summed E-state index contributed by atoms with van der Waals surface area (Å²) in [5.41, 5.74) is 9.04. The number of halogens is 2. The molecule has 146 valence electrons. The molecule has 5 N–H and O–H groups in total. The zero-order valence-electron chi connectivity index (χ0n) is 15.4. The van der Waals surface area contributed by atoms with Gasteiger partial charge in [-0.1, -0.05) is 24.3 Å². The highest BCUT2D eigenvalue weighted by molar-refractivity contribution is 6.03. The van der Waals surface area contributed by atoms with Gasteiger partial charge in [-0.15, -0.1) is 0 Å². The molecule has 0 aliphatic carbocycles. The number of nitrogen functional groups attached to an aromatic ring is 1. The van der Waals surface area contributed by atoms with E-state index in [-0.39, 0.29) is 17.0 Å². The van der Waals surface area contributed by atoms with Crippen LogP contribution in [0.2, 0.25) is 0 Å². The molecule has 1 aromatic heterocycles. The molecule has 3 aromatic carbocycles. The fourth-order valence-corrected chi connectivity index (χ4v) is 3.12. The maximum atomic E-state index is 13.9. The predicted octanol–water partition coefficient (Wildman–Crippen LogP) is 5.04. The van der Waals surface area contributed by atoms with Gasteiger partial charge in [0.15, 0.2) is 5.82 Å². The van der Waals surface area contributed by atoms with Crippen LogP contribution in [0.3, 0.4) is 0 Å². The second kappa shape index (κ2) is 7.23. The number of carbonyl (C=O) groups is 1. The van der Waals surface area contributed by atoms with Crippen LogP contribution in [0, 0.1) is 18.6 Å². The Morgan fingerprint density at radius 2 is 1.72 bits per heavy atom. The fourth-order valence-electron chi connectivity index (χ4n) is 3.12. The molecule has 0 unspecified atom stereocenters. The molecule has 0 saturated heterocycles. The van der Waals surface area contributed by atoms with E-state index in [2.05, 4.69) is 20.8 Å². The Bertz CT molecular complexity index is 1220. The van der Waals surface area contributed by atoms with Gasteiger partial charge in [0.2, 0.25) is 0 Å². The van der Waals surface area contributed by atoms with Crippen molar-refractivity contribution < 1.29 is 13.6 Å². The van der Waals surface area contributed by atoms with Gasteiger partial charge in [-0.2, -0.15) is 5.10 Å². The Balaban J connectivity index is 1.54. The lowest BCUT2D eigenvalue weighted by atomic mass is 10.0. The predicted molar refractivity (Wildman–Crippen MR) is 110 cm³/mol. The number of hydrogen-bond acceptors (Lipinski definition) is 3. The van der Waals surface area contributed by atoms with Crippen molar-refractivity contribution >= 4 is 34.1 Å². The minimum Gasteiger partial charge on any atom is -0.382 e. The largest absolute Gasteiger partial charge is 0.382 e. The average molecular weight is 393 g/mol. The van der Waals surface area contributed by atoms with Crippen LogP contribution in [0.4, 0.5) is 30.8 Å². The highest BCUT2D eigenvalue weighted by atomic mass is 19.1. The number of aryl methyl sites for hydroxylation is 1. The molecule has 0 atom stereocenters. The summed E-state index contributed by atoms with van der Waals surface area (Å²) in [6.07, 6.45) is 0. The summed E-state index contributed by atoms with van der Waals surface area (Å²) in [4.78, 5) is 12.2. The number of anilines is 3. The Kier molecular flexibility index (Phi) is 4.59. The van der Waals surface area contributed by atoms with Crippen LogP contribution in [0.5, 0.6) is 0 Å². The first-order valence-corrected chi connectivity index (χ1v) is 8.79. The van der Waals surface area contributed by atoms with Crippen molar-refractivity contribution in [3.8, 4) is 11.1 Å². The molecule has 0 bridgehead atoms. The summed E-state index contributed by atoms with van der Waals surface area (Å²) in [7, 11) is 0.